The second-order valence-corrected chi connectivity index (χ2v) is 6.26. The number of halogens is 1. The van der Waals surface area contributed by atoms with E-state index in [0.717, 1.165) is 30.0 Å². The van der Waals surface area contributed by atoms with Gasteiger partial charge in [-0.05, 0) is 37.6 Å². The lowest BCUT2D eigenvalue weighted by Crippen LogP contribution is -2.23. The molecule has 5 heteroatoms. The van der Waals surface area contributed by atoms with Crippen LogP contribution in [-0.4, -0.2) is 22.8 Å². The van der Waals surface area contributed by atoms with Gasteiger partial charge in [0, 0.05) is 18.0 Å². The fourth-order valence-electron chi connectivity index (χ4n) is 1.89. The topological polar surface area (TPSA) is 37.8 Å². The van der Waals surface area contributed by atoms with Crippen molar-refractivity contribution in [3.05, 3.63) is 34.6 Å². The van der Waals surface area contributed by atoms with Gasteiger partial charge in [0.2, 0.25) is 0 Å². The smallest absolute Gasteiger partial charge is 0.150 e. The van der Waals surface area contributed by atoms with Crippen molar-refractivity contribution < 1.29 is 4.39 Å². The van der Waals surface area contributed by atoms with Gasteiger partial charge in [0.15, 0.2) is 5.01 Å². The third-order valence-electron chi connectivity index (χ3n) is 2.94. The number of hydrogen-bond donors (Lipinski definition) is 1. The molecular weight excluding hydrogens is 273 g/mol. The van der Waals surface area contributed by atoms with Crippen LogP contribution in [0.5, 0.6) is 0 Å². The van der Waals surface area contributed by atoms with Crippen LogP contribution in [0.3, 0.4) is 0 Å². The van der Waals surface area contributed by atoms with Crippen molar-refractivity contribution in [3.8, 4) is 10.6 Å². The molecule has 1 N–H and O–H groups in total. The highest BCUT2D eigenvalue weighted by atomic mass is 32.1. The summed E-state index contributed by atoms with van der Waals surface area (Å²) in [6.07, 6.45) is 1.90. The van der Waals surface area contributed by atoms with Gasteiger partial charge in [-0.1, -0.05) is 31.3 Å². The van der Waals surface area contributed by atoms with Crippen LogP contribution in [0.2, 0.25) is 0 Å². The van der Waals surface area contributed by atoms with Gasteiger partial charge in [0.1, 0.15) is 10.8 Å². The first-order valence-corrected chi connectivity index (χ1v) is 7.70. The first-order chi connectivity index (χ1) is 9.56. The summed E-state index contributed by atoms with van der Waals surface area (Å²) < 4.78 is 13.9. The van der Waals surface area contributed by atoms with E-state index in [1.165, 1.54) is 17.4 Å². The van der Waals surface area contributed by atoms with Gasteiger partial charge in [-0.3, -0.25) is 0 Å². The fraction of sp³-hybridized carbons (Fsp3) is 0.467. The van der Waals surface area contributed by atoms with E-state index in [1.807, 2.05) is 13.0 Å². The Kier molecular flexibility index (Phi) is 5.20. The number of aryl methyl sites for hydroxylation is 2. The molecule has 1 aromatic heterocycles. The van der Waals surface area contributed by atoms with Crippen molar-refractivity contribution in [1.29, 1.82) is 0 Å². The lowest BCUT2D eigenvalue weighted by molar-refractivity contribution is 0.569. The normalized spacial score (nSPS) is 11.2. The quantitative estimate of drug-likeness (QED) is 0.827. The number of hydrogen-bond acceptors (Lipinski definition) is 4. The molecule has 0 radical (unpaired) electrons. The predicted octanol–water partition coefficient (Wildman–Crippen LogP) is 3.58. The molecule has 2 aromatic rings. The molecular formula is C15H20FN3S. The second kappa shape index (κ2) is 6.90. The molecule has 3 nitrogen and oxygen atoms in total. The largest absolute Gasteiger partial charge is 0.315 e. The van der Waals surface area contributed by atoms with E-state index in [0.29, 0.717) is 16.6 Å². The average molecular weight is 293 g/mol. The summed E-state index contributed by atoms with van der Waals surface area (Å²) in [5.74, 6) is -0.228. The van der Waals surface area contributed by atoms with E-state index < -0.39 is 0 Å². The van der Waals surface area contributed by atoms with Crippen molar-refractivity contribution in [2.45, 2.75) is 39.7 Å². The molecule has 0 bridgehead atoms. The highest BCUT2D eigenvalue weighted by Crippen LogP contribution is 2.27. The van der Waals surface area contributed by atoms with Crippen LogP contribution >= 0.6 is 11.3 Å². The highest BCUT2D eigenvalue weighted by molar-refractivity contribution is 7.14. The molecule has 0 spiro atoms. The van der Waals surface area contributed by atoms with Crippen LogP contribution in [0.15, 0.2) is 18.2 Å². The molecule has 0 fully saturated rings. The maximum atomic E-state index is 13.9. The highest BCUT2D eigenvalue weighted by Gasteiger charge is 2.11. The Morgan fingerprint density at radius 1 is 1.30 bits per heavy atom. The Morgan fingerprint density at radius 3 is 2.80 bits per heavy atom. The van der Waals surface area contributed by atoms with Gasteiger partial charge in [-0.15, -0.1) is 10.2 Å². The van der Waals surface area contributed by atoms with E-state index in [2.05, 4.69) is 29.4 Å². The first kappa shape index (κ1) is 15.1. The zero-order valence-corrected chi connectivity index (χ0v) is 12.9. The molecule has 108 valence electrons. The van der Waals surface area contributed by atoms with Crippen LogP contribution < -0.4 is 5.32 Å². The van der Waals surface area contributed by atoms with Crippen LogP contribution in [-0.2, 0) is 6.42 Å². The first-order valence-electron chi connectivity index (χ1n) is 6.88. The third-order valence-corrected chi connectivity index (χ3v) is 3.96. The number of benzene rings is 1. The Hall–Kier alpha value is -1.33. The molecule has 0 atom stereocenters. The minimum Gasteiger partial charge on any atom is -0.315 e. The summed E-state index contributed by atoms with van der Waals surface area (Å²) in [4.78, 5) is 0. The maximum Gasteiger partial charge on any atom is 0.150 e. The Bertz CT molecular complexity index is 566. The number of nitrogens with one attached hydrogen (secondary N) is 1. The fourth-order valence-corrected chi connectivity index (χ4v) is 2.80. The molecule has 0 saturated heterocycles. The SMILES string of the molecule is Cc1ccc(-c2nnc(CCCNC(C)C)s2)c(F)c1. The van der Waals surface area contributed by atoms with E-state index >= 15 is 0 Å². The summed E-state index contributed by atoms with van der Waals surface area (Å²) in [6.45, 7) is 7.10. The Morgan fingerprint density at radius 2 is 2.10 bits per heavy atom. The van der Waals surface area contributed by atoms with E-state index in [4.69, 9.17) is 0 Å². The van der Waals surface area contributed by atoms with Crippen LogP contribution in [0, 0.1) is 12.7 Å². The summed E-state index contributed by atoms with van der Waals surface area (Å²) in [5.41, 5.74) is 1.45. The van der Waals surface area contributed by atoms with E-state index in [9.17, 15) is 4.39 Å². The van der Waals surface area contributed by atoms with Gasteiger partial charge >= 0.3 is 0 Å². The molecule has 2 rings (SSSR count). The monoisotopic (exact) mass is 293 g/mol. The minimum absolute atomic E-state index is 0.228. The van der Waals surface area contributed by atoms with Gasteiger partial charge in [-0.25, -0.2) is 4.39 Å². The van der Waals surface area contributed by atoms with Crippen molar-refractivity contribution in [2.75, 3.05) is 6.54 Å². The molecule has 1 heterocycles. The standard InChI is InChI=1S/C15H20FN3S/c1-10(2)17-8-4-5-14-18-19-15(20-14)12-7-6-11(3)9-13(12)16/h6-7,9-10,17H,4-5,8H2,1-3H3. The Balaban J connectivity index is 1.98. The van der Waals surface area contributed by atoms with Crippen molar-refractivity contribution in [3.63, 3.8) is 0 Å². The summed E-state index contributed by atoms with van der Waals surface area (Å²) in [6, 6.07) is 5.70. The molecule has 0 aliphatic heterocycles. The Labute approximate surface area is 123 Å². The second-order valence-electron chi connectivity index (χ2n) is 5.20. The predicted molar refractivity (Wildman–Crippen MR) is 81.5 cm³/mol. The van der Waals surface area contributed by atoms with Gasteiger partial charge in [0.25, 0.3) is 0 Å². The third kappa shape index (κ3) is 4.08. The molecule has 0 saturated carbocycles. The van der Waals surface area contributed by atoms with Gasteiger partial charge in [-0.2, -0.15) is 0 Å². The van der Waals surface area contributed by atoms with Crippen molar-refractivity contribution >= 4 is 11.3 Å². The number of aromatic nitrogens is 2. The summed E-state index contributed by atoms with van der Waals surface area (Å²) in [7, 11) is 0. The van der Waals surface area contributed by atoms with E-state index in [1.54, 1.807) is 6.07 Å². The molecule has 0 aliphatic carbocycles. The molecule has 0 amide bonds. The van der Waals surface area contributed by atoms with Gasteiger partial charge in [0.05, 0.1) is 0 Å². The summed E-state index contributed by atoms with van der Waals surface area (Å²) >= 11 is 1.47. The maximum absolute atomic E-state index is 13.9. The molecule has 0 aliphatic rings. The molecule has 1 aromatic carbocycles. The van der Waals surface area contributed by atoms with Gasteiger partial charge < -0.3 is 5.32 Å². The van der Waals surface area contributed by atoms with Crippen molar-refractivity contribution in [2.24, 2.45) is 0 Å². The number of rotatable bonds is 6. The van der Waals surface area contributed by atoms with Crippen LogP contribution in [0.4, 0.5) is 4.39 Å². The summed E-state index contributed by atoms with van der Waals surface area (Å²) in [5, 5.41) is 13.2. The van der Waals surface area contributed by atoms with Crippen molar-refractivity contribution in [1.82, 2.24) is 15.5 Å². The number of nitrogens with zero attached hydrogens (tertiary/aromatic N) is 2. The zero-order valence-electron chi connectivity index (χ0n) is 12.1. The lowest BCUT2D eigenvalue weighted by atomic mass is 10.1. The van der Waals surface area contributed by atoms with Crippen LogP contribution in [0.1, 0.15) is 30.8 Å². The van der Waals surface area contributed by atoms with Crippen LogP contribution in [0.25, 0.3) is 10.6 Å². The average Bonchev–Trinajstić information content (AvgIpc) is 2.83. The molecule has 20 heavy (non-hydrogen) atoms. The zero-order chi connectivity index (χ0) is 14.5. The molecule has 0 unspecified atom stereocenters. The minimum atomic E-state index is -0.228. The lowest BCUT2D eigenvalue weighted by Gasteiger charge is -2.05. The van der Waals surface area contributed by atoms with E-state index in [-0.39, 0.29) is 5.82 Å².